The standard InChI is InChI=1S/C15H23ClN4O/c1-10(2)14-17-13(16)11(3)15(18-14)19(4)9-12(21)20-7-5-6-8-20/h10H,5-9H2,1-4H3. The summed E-state index contributed by atoms with van der Waals surface area (Å²) >= 11 is 6.20. The van der Waals surface area contributed by atoms with Crippen molar-refractivity contribution in [3.8, 4) is 0 Å². The van der Waals surface area contributed by atoms with E-state index in [1.165, 1.54) is 0 Å². The summed E-state index contributed by atoms with van der Waals surface area (Å²) in [6.07, 6.45) is 2.20. The molecule has 1 fully saturated rings. The third-order valence-corrected chi connectivity index (χ3v) is 4.16. The number of anilines is 1. The molecule has 0 atom stereocenters. The highest BCUT2D eigenvalue weighted by Gasteiger charge is 2.21. The summed E-state index contributed by atoms with van der Waals surface area (Å²) in [7, 11) is 1.88. The van der Waals surface area contributed by atoms with Gasteiger partial charge in [0, 0.05) is 31.6 Å². The van der Waals surface area contributed by atoms with E-state index in [1.54, 1.807) is 0 Å². The summed E-state index contributed by atoms with van der Waals surface area (Å²) in [6, 6.07) is 0. The van der Waals surface area contributed by atoms with Crippen molar-refractivity contribution >= 4 is 23.3 Å². The van der Waals surface area contributed by atoms with Crippen LogP contribution in [0.5, 0.6) is 0 Å². The van der Waals surface area contributed by atoms with Gasteiger partial charge in [0.15, 0.2) is 0 Å². The van der Waals surface area contributed by atoms with E-state index in [9.17, 15) is 4.79 Å². The van der Waals surface area contributed by atoms with Gasteiger partial charge in [-0.25, -0.2) is 9.97 Å². The lowest BCUT2D eigenvalue weighted by atomic mass is 10.2. The Morgan fingerprint density at radius 3 is 2.52 bits per heavy atom. The van der Waals surface area contributed by atoms with Crippen molar-refractivity contribution in [3.63, 3.8) is 0 Å². The molecule has 0 aliphatic carbocycles. The second kappa shape index (κ2) is 6.60. The first-order valence-corrected chi connectivity index (χ1v) is 7.81. The Balaban J connectivity index is 2.17. The predicted octanol–water partition coefficient (Wildman–Crippen LogP) is 2.62. The molecule has 5 nitrogen and oxygen atoms in total. The lowest BCUT2D eigenvalue weighted by Gasteiger charge is -2.24. The number of carbonyl (C=O) groups excluding carboxylic acids is 1. The van der Waals surface area contributed by atoms with E-state index in [1.807, 2.05) is 37.6 Å². The molecule has 1 aromatic rings. The molecule has 1 amide bonds. The Kier molecular flexibility index (Phi) is 5.04. The molecular weight excluding hydrogens is 288 g/mol. The summed E-state index contributed by atoms with van der Waals surface area (Å²) in [5.74, 6) is 1.80. The van der Waals surface area contributed by atoms with Crippen LogP contribution in [0.15, 0.2) is 0 Å². The van der Waals surface area contributed by atoms with Crippen molar-refractivity contribution in [3.05, 3.63) is 16.5 Å². The molecule has 6 heteroatoms. The maximum absolute atomic E-state index is 12.3. The Hall–Kier alpha value is -1.36. The van der Waals surface area contributed by atoms with Crippen LogP contribution in [-0.4, -0.2) is 47.5 Å². The Labute approximate surface area is 131 Å². The van der Waals surface area contributed by atoms with E-state index in [0.29, 0.717) is 17.5 Å². The number of aromatic nitrogens is 2. The van der Waals surface area contributed by atoms with Crippen LogP contribution in [-0.2, 0) is 4.79 Å². The number of nitrogens with zero attached hydrogens (tertiary/aromatic N) is 4. The topological polar surface area (TPSA) is 49.3 Å². The molecular formula is C15H23ClN4O. The van der Waals surface area contributed by atoms with Crippen LogP contribution in [0.3, 0.4) is 0 Å². The molecule has 0 aromatic carbocycles. The van der Waals surface area contributed by atoms with E-state index < -0.39 is 0 Å². The molecule has 0 N–H and O–H groups in total. The second-order valence-electron chi connectivity index (χ2n) is 5.92. The second-order valence-corrected chi connectivity index (χ2v) is 6.28. The smallest absolute Gasteiger partial charge is 0.242 e. The first kappa shape index (κ1) is 16.0. The predicted molar refractivity (Wildman–Crippen MR) is 85.0 cm³/mol. The minimum atomic E-state index is 0.148. The molecule has 2 rings (SSSR count). The average molecular weight is 311 g/mol. The van der Waals surface area contributed by atoms with Crippen molar-refractivity contribution in [2.24, 2.45) is 0 Å². The van der Waals surface area contributed by atoms with Crippen LogP contribution in [0.4, 0.5) is 5.82 Å². The van der Waals surface area contributed by atoms with Gasteiger partial charge < -0.3 is 9.80 Å². The monoisotopic (exact) mass is 310 g/mol. The van der Waals surface area contributed by atoms with Gasteiger partial charge in [-0.1, -0.05) is 25.4 Å². The minimum Gasteiger partial charge on any atom is -0.350 e. The summed E-state index contributed by atoms with van der Waals surface area (Å²) < 4.78 is 0. The fourth-order valence-electron chi connectivity index (χ4n) is 2.47. The van der Waals surface area contributed by atoms with Crippen molar-refractivity contribution < 1.29 is 4.79 Å². The zero-order valence-corrected chi connectivity index (χ0v) is 13.9. The van der Waals surface area contributed by atoms with Gasteiger partial charge in [0.1, 0.15) is 16.8 Å². The normalized spacial score (nSPS) is 14.9. The molecule has 116 valence electrons. The summed E-state index contributed by atoms with van der Waals surface area (Å²) in [6.45, 7) is 8.01. The van der Waals surface area contributed by atoms with Gasteiger partial charge >= 0.3 is 0 Å². The third kappa shape index (κ3) is 3.64. The fraction of sp³-hybridized carbons (Fsp3) is 0.667. The highest BCUT2D eigenvalue weighted by Crippen LogP contribution is 2.25. The SMILES string of the molecule is Cc1c(Cl)nc(C(C)C)nc1N(C)CC(=O)N1CCCC1. The van der Waals surface area contributed by atoms with Crippen LogP contribution in [0.25, 0.3) is 0 Å². The molecule has 1 saturated heterocycles. The highest BCUT2D eigenvalue weighted by molar-refractivity contribution is 6.30. The Morgan fingerprint density at radius 2 is 1.95 bits per heavy atom. The van der Waals surface area contributed by atoms with E-state index in [4.69, 9.17) is 11.6 Å². The number of likely N-dealkylation sites (tertiary alicyclic amines) is 1. The fourth-order valence-corrected chi connectivity index (χ4v) is 2.64. The Morgan fingerprint density at radius 1 is 1.33 bits per heavy atom. The number of likely N-dealkylation sites (N-methyl/N-ethyl adjacent to an activating group) is 1. The molecule has 21 heavy (non-hydrogen) atoms. The number of carbonyl (C=O) groups is 1. The van der Waals surface area contributed by atoms with E-state index >= 15 is 0 Å². The molecule has 2 heterocycles. The van der Waals surface area contributed by atoms with Gasteiger partial charge in [-0.3, -0.25) is 4.79 Å². The first-order chi connectivity index (χ1) is 9.90. The maximum atomic E-state index is 12.3. The van der Waals surface area contributed by atoms with Crippen LogP contribution in [0, 0.1) is 6.92 Å². The van der Waals surface area contributed by atoms with E-state index in [2.05, 4.69) is 9.97 Å². The molecule has 1 aliphatic rings. The number of halogens is 1. The van der Waals surface area contributed by atoms with Crippen molar-refractivity contribution in [1.29, 1.82) is 0 Å². The van der Waals surface area contributed by atoms with Gasteiger partial charge in [0.05, 0.1) is 6.54 Å². The van der Waals surface area contributed by atoms with E-state index in [-0.39, 0.29) is 11.8 Å². The van der Waals surface area contributed by atoms with E-state index in [0.717, 1.165) is 37.3 Å². The van der Waals surface area contributed by atoms with Crippen molar-refractivity contribution in [1.82, 2.24) is 14.9 Å². The molecule has 1 aromatic heterocycles. The zero-order chi connectivity index (χ0) is 15.6. The van der Waals surface area contributed by atoms with Crippen LogP contribution < -0.4 is 4.90 Å². The highest BCUT2D eigenvalue weighted by atomic mass is 35.5. The number of rotatable bonds is 4. The third-order valence-electron chi connectivity index (χ3n) is 3.79. The van der Waals surface area contributed by atoms with Gasteiger partial charge in [-0.2, -0.15) is 0 Å². The van der Waals surface area contributed by atoms with Crippen molar-refractivity contribution in [2.75, 3.05) is 31.6 Å². The van der Waals surface area contributed by atoms with Crippen LogP contribution in [0.1, 0.15) is 44.0 Å². The Bertz CT molecular complexity index is 527. The summed E-state index contributed by atoms with van der Waals surface area (Å²) in [5.41, 5.74) is 0.817. The van der Waals surface area contributed by atoms with Gasteiger partial charge in [-0.15, -0.1) is 0 Å². The molecule has 0 radical (unpaired) electrons. The first-order valence-electron chi connectivity index (χ1n) is 7.43. The number of amides is 1. The minimum absolute atomic E-state index is 0.148. The molecule has 0 spiro atoms. The van der Waals surface area contributed by atoms with Crippen LogP contribution >= 0.6 is 11.6 Å². The average Bonchev–Trinajstić information content (AvgIpc) is 2.95. The maximum Gasteiger partial charge on any atom is 0.242 e. The number of hydrogen-bond acceptors (Lipinski definition) is 4. The molecule has 0 unspecified atom stereocenters. The van der Waals surface area contributed by atoms with Crippen molar-refractivity contribution in [2.45, 2.75) is 39.5 Å². The molecule has 0 saturated carbocycles. The molecule has 0 bridgehead atoms. The molecule has 1 aliphatic heterocycles. The van der Waals surface area contributed by atoms with Gasteiger partial charge in [0.2, 0.25) is 5.91 Å². The number of hydrogen-bond donors (Lipinski definition) is 0. The summed E-state index contributed by atoms with van der Waals surface area (Å²) in [5, 5.41) is 0.462. The zero-order valence-electron chi connectivity index (χ0n) is 13.2. The lowest BCUT2D eigenvalue weighted by Crippen LogP contribution is -2.38. The lowest BCUT2D eigenvalue weighted by molar-refractivity contribution is -0.128. The van der Waals surface area contributed by atoms with Crippen LogP contribution in [0.2, 0.25) is 5.15 Å². The van der Waals surface area contributed by atoms with Gasteiger partial charge in [0.25, 0.3) is 0 Å². The van der Waals surface area contributed by atoms with Gasteiger partial charge in [-0.05, 0) is 19.8 Å². The quantitative estimate of drug-likeness (QED) is 0.802. The summed E-state index contributed by atoms with van der Waals surface area (Å²) in [4.78, 5) is 24.9. The largest absolute Gasteiger partial charge is 0.350 e.